The Morgan fingerprint density at radius 2 is 1.81 bits per heavy atom. The van der Waals surface area contributed by atoms with Crippen molar-refractivity contribution in [2.75, 3.05) is 26.8 Å². The lowest BCUT2D eigenvalue weighted by atomic mass is 10.2. The van der Waals surface area contributed by atoms with Crippen molar-refractivity contribution in [1.82, 2.24) is 14.9 Å². The number of ether oxygens (including phenoxy) is 2. The molecule has 0 radical (unpaired) electrons. The summed E-state index contributed by atoms with van der Waals surface area (Å²) in [6.07, 6.45) is -0.985. The number of nitrogens with zero attached hydrogens (tertiary/aromatic N) is 1. The van der Waals surface area contributed by atoms with Crippen LogP contribution in [0.3, 0.4) is 0 Å². The van der Waals surface area contributed by atoms with Gasteiger partial charge in [-0.25, -0.2) is 12.8 Å². The molecule has 0 saturated carbocycles. The summed E-state index contributed by atoms with van der Waals surface area (Å²) in [5.74, 6) is -1.79. The van der Waals surface area contributed by atoms with Crippen molar-refractivity contribution >= 4 is 21.8 Å². The topological polar surface area (TPSA) is 114 Å². The van der Waals surface area contributed by atoms with E-state index in [4.69, 9.17) is 9.47 Å². The van der Waals surface area contributed by atoms with E-state index in [2.05, 4.69) is 10.6 Å². The first kappa shape index (κ1) is 22.7. The summed E-state index contributed by atoms with van der Waals surface area (Å²) >= 11 is 0. The SMILES string of the molecule is COc1ccccc1CNC(=O)C(=O)NCC1OCCN1S(=O)(=O)c1ccc(F)cc1. The van der Waals surface area contributed by atoms with E-state index >= 15 is 0 Å². The van der Waals surface area contributed by atoms with E-state index in [0.29, 0.717) is 11.3 Å². The molecule has 1 saturated heterocycles. The monoisotopic (exact) mass is 451 g/mol. The van der Waals surface area contributed by atoms with Crippen LogP contribution in [-0.2, 0) is 30.9 Å². The van der Waals surface area contributed by atoms with Crippen LogP contribution in [-0.4, -0.2) is 57.6 Å². The van der Waals surface area contributed by atoms with Crippen LogP contribution in [0.4, 0.5) is 4.39 Å². The van der Waals surface area contributed by atoms with Gasteiger partial charge in [-0.2, -0.15) is 4.31 Å². The Balaban J connectivity index is 1.56. The van der Waals surface area contributed by atoms with E-state index in [1.807, 2.05) is 0 Å². The van der Waals surface area contributed by atoms with Gasteiger partial charge in [-0.1, -0.05) is 18.2 Å². The molecule has 2 amide bonds. The molecule has 3 rings (SSSR count). The zero-order valence-corrected chi connectivity index (χ0v) is 17.5. The minimum absolute atomic E-state index is 0.0697. The highest BCUT2D eigenvalue weighted by Crippen LogP contribution is 2.22. The predicted molar refractivity (Wildman–Crippen MR) is 108 cm³/mol. The minimum atomic E-state index is -3.95. The van der Waals surface area contributed by atoms with Crippen molar-refractivity contribution < 1.29 is 31.9 Å². The van der Waals surface area contributed by atoms with Gasteiger partial charge in [-0.05, 0) is 30.3 Å². The van der Waals surface area contributed by atoms with E-state index in [0.717, 1.165) is 28.6 Å². The highest BCUT2D eigenvalue weighted by Gasteiger charge is 2.36. The number of para-hydroxylation sites is 1. The maximum absolute atomic E-state index is 13.1. The van der Waals surface area contributed by atoms with Crippen LogP contribution in [0.5, 0.6) is 5.75 Å². The average Bonchev–Trinajstić information content (AvgIpc) is 3.26. The lowest BCUT2D eigenvalue weighted by Crippen LogP contribution is -2.47. The number of hydrogen-bond donors (Lipinski definition) is 2. The van der Waals surface area contributed by atoms with Crippen LogP contribution >= 0.6 is 0 Å². The fourth-order valence-electron chi connectivity index (χ4n) is 3.05. The first-order valence-electron chi connectivity index (χ1n) is 9.40. The Labute approximate surface area is 179 Å². The molecule has 9 nitrogen and oxygen atoms in total. The Morgan fingerprint density at radius 1 is 1.13 bits per heavy atom. The molecular weight excluding hydrogens is 429 g/mol. The number of methoxy groups -OCH3 is 1. The molecule has 1 heterocycles. The van der Waals surface area contributed by atoms with Crippen molar-refractivity contribution in [2.45, 2.75) is 17.7 Å². The molecule has 0 aromatic heterocycles. The fourth-order valence-corrected chi connectivity index (χ4v) is 4.56. The molecule has 1 aliphatic heterocycles. The lowest BCUT2D eigenvalue weighted by molar-refractivity contribution is -0.139. The van der Waals surface area contributed by atoms with Crippen molar-refractivity contribution in [2.24, 2.45) is 0 Å². The van der Waals surface area contributed by atoms with Gasteiger partial charge in [0.05, 0.1) is 25.2 Å². The number of carbonyl (C=O) groups excluding carboxylic acids is 2. The van der Waals surface area contributed by atoms with Crippen LogP contribution in [0.15, 0.2) is 53.4 Å². The molecule has 31 heavy (non-hydrogen) atoms. The number of halogens is 1. The van der Waals surface area contributed by atoms with Gasteiger partial charge >= 0.3 is 11.8 Å². The number of sulfonamides is 1. The van der Waals surface area contributed by atoms with Crippen LogP contribution < -0.4 is 15.4 Å². The fraction of sp³-hybridized carbons (Fsp3) is 0.300. The predicted octanol–water partition coefficient (Wildman–Crippen LogP) is 0.614. The van der Waals surface area contributed by atoms with Gasteiger partial charge in [0.25, 0.3) is 0 Å². The van der Waals surface area contributed by atoms with Crippen LogP contribution in [0.25, 0.3) is 0 Å². The maximum atomic E-state index is 13.1. The molecule has 1 fully saturated rings. The number of hydrogen-bond acceptors (Lipinski definition) is 6. The van der Waals surface area contributed by atoms with Gasteiger partial charge in [-0.15, -0.1) is 0 Å². The lowest BCUT2D eigenvalue weighted by Gasteiger charge is -2.22. The summed E-state index contributed by atoms with van der Waals surface area (Å²) in [6.45, 7) is 0.0593. The third kappa shape index (κ3) is 5.37. The third-order valence-corrected chi connectivity index (χ3v) is 6.54. The van der Waals surface area contributed by atoms with E-state index in [1.165, 1.54) is 7.11 Å². The minimum Gasteiger partial charge on any atom is -0.496 e. The van der Waals surface area contributed by atoms with E-state index in [-0.39, 0.29) is 31.1 Å². The van der Waals surface area contributed by atoms with Crippen LogP contribution in [0, 0.1) is 5.82 Å². The molecule has 0 bridgehead atoms. The Hall–Kier alpha value is -3.02. The van der Waals surface area contributed by atoms with Gasteiger partial charge in [0, 0.05) is 18.7 Å². The Bertz CT molecular complexity index is 1050. The summed E-state index contributed by atoms with van der Waals surface area (Å²) in [5.41, 5.74) is 0.696. The van der Waals surface area contributed by atoms with Crippen molar-refractivity contribution in [3.8, 4) is 5.75 Å². The average molecular weight is 451 g/mol. The second-order valence-corrected chi connectivity index (χ2v) is 8.49. The number of rotatable bonds is 7. The molecule has 1 atom stereocenters. The summed E-state index contributed by atoms with van der Waals surface area (Å²) in [5, 5.41) is 4.86. The molecular formula is C20H22FN3O6S. The third-order valence-electron chi connectivity index (χ3n) is 4.64. The van der Waals surface area contributed by atoms with Gasteiger partial charge in [0.2, 0.25) is 10.0 Å². The zero-order chi connectivity index (χ0) is 22.4. The van der Waals surface area contributed by atoms with Crippen molar-refractivity contribution in [3.63, 3.8) is 0 Å². The quantitative estimate of drug-likeness (QED) is 0.597. The molecule has 11 heteroatoms. The summed E-state index contributed by atoms with van der Waals surface area (Å²) in [4.78, 5) is 24.1. The van der Waals surface area contributed by atoms with Gasteiger partial charge < -0.3 is 20.1 Å². The molecule has 0 spiro atoms. The molecule has 166 valence electrons. The highest BCUT2D eigenvalue weighted by molar-refractivity contribution is 7.89. The number of amides is 2. The second-order valence-electron chi connectivity index (χ2n) is 6.60. The normalized spacial score (nSPS) is 16.6. The second kappa shape index (κ2) is 9.86. The number of nitrogens with one attached hydrogen (secondary N) is 2. The Morgan fingerprint density at radius 3 is 2.52 bits per heavy atom. The molecule has 2 aromatic rings. The maximum Gasteiger partial charge on any atom is 0.309 e. The van der Waals surface area contributed by atoms with Crippen LogP contribution in [0.1, 0.15) is 5.56 Å². The molecule has 2 N–H and O–H groups in total. The molecule has 0 aliphatic carbocycles. The van der Waals surface area contributed by atoms with E-state index < -0.39 is 33.9 Å². The summed E-state index contributed by atoms with van der Waals surface area (Å²) < 4.78 is 50.3. The van der Waals surface area contributed by atoms with E-state index in [9.17, 15) is 22.4 Å². The number of carbonyl (C=O) groups is 2. The summed E-state index contributed by atoms with van der Waals surface area (Å²) in [7, 11) is -2.45. The van der Waals surface area contributed by atoms with Crippen molar-refractivity contribution in [3.05, 3.63) is 59.9 Å². The summed E-state index contributed by atoms with van der Waals surface area (Å²) in [6, 6.07) is 11.5. The van der Waals surface area contributed by atoms with Gasteiger partial charge in [0.15, 0.2) is 0 Å². The highest BCUT2D eigenvalue weighted by atomic mass is 32.2. The standard InChI is InChI=1S/C20H22FN3O6S/c1-29-17-5-3-2-4-14(17)12-22-19(25)20(26)23-13-18-24(10-11-30-18)31(27,28)16-8-6-15(21)7-9-16/h2-9,18H,10-13H2,1H3,(H,22,25)(H,23,26). The van der Waals surface area contributed by atoms with Gasteiger partial charge in [0.1, 0.15) is 17.8 Å². The Kier molecular flexibility index (Phi) is 7.21. The first-order chi connectivity index (χ1) is 14.8. The number of benzene rings is 2. The van der Waals surface area contributed by atoms with E-state index in [1.54, 1.807) is 24.3 Å². The smallest absolute Gasteiger partial charge is 0.309 e. The first-order valence-corrected chi connectivity index (χ1v) is 10.8. The van der Waals surface area contributed by atoms with Gasteiger partial charge in [-0.3, -0.25) is 9.59 Å². The molecule has 2 aromatic carbocycles. The molecule has 1 aliphatic rings. The van der Waals surface area contributed by atoms with Crippen LogP contribution in [0.2, 0.25) is 0 Å². The van der Waals surface area contributed by atoms with Crippen molar-refractivity contribution in [1.29, 1.82) is 0 Å². The largest absolute Gasteiger partial charge is 0.496 e. The molecule has 1 unspecified atom stereocenters. The zero-order valence-electron chi connectivity index (χ0n) is 16.7.